The molecule has 0 aliphatic carbocycles. The number of carbonyl (C=O) groups excluding carboxylic acids is 3. The molecular weight excluding hydrogens is 600 g/mol. The minimum Gasteiger partial charge on any atom is -0.462 e. The Morgan fingerprint density at radius 1 is 0.333 bits per heavy atom. The number of esters is 3. The van der Waals surface area contributed by atoms with Gasteiger partial charge in [0, 0.05) is 19.3 Å². The Balaban J connectivity index is 4.15. The second-order valence-electron chi connectivity index (χ2n) is 14.3. The van der Waals surface area contributed by atoms with Crippen LogP contribution in [0, 0.1) is 0 Å². The molecular formula is C42H80O6. The molecule has 48 heavy (non-hydrogen) atoms. The molecule has 0 aromatic rings. The fourth-order valence-electron chi connectivity index (χ4n) is 6.15. The second kappa shape index (κ2) is 38.2. The first-order valence-electron chi connectivity index (χ1n) is 21.0. The molecule has 0 saturated heterocycles. The van der Waals surface area contributed by atoms with Crippen LogP contribution >= 0.6 is 0 Å². The third-order valence-corrected chi connectivity index (χ3v) is 9.36. The van der Waals surface area contributed by atoms with Crippen LogP contribution in [0.2, 0.25) is 0 Å². The monoisotopic (exact) mass is 681 g/mol. The minimum absolute atomic E-state index is 0.0645. The molecule has 1 atom stereocenters. The van der Waals surface area contributed by atoms with Crippen molar-refractivity contribution in [3.05, 3.63) is 0 Å². The molecule has 0 aromatic carbocycles. The first kappa shape index (κ1) is 46.4. The van der Waals surface area contributed by atoms with Crippen molar-refractivity contribution < 1.29 is 28.6 Å². The number of unbranched alkanes of at least 4 members (excludes halogenated alkanes) is 27. The highest BCUT2D eigenvalue weighted by Crippen LogP contribution is 2.15. The molecule has 0 heterocycles. The van der Waals surface area contributed by atoms with Gasteiger partial charge in [-0.15, -0.1) is 0 Å². The highest BCUT2D eigenvalue weighted by atomic mass is 16.6. The Morgan fingerprint density at radius 3 is 0.833 bits per heavy atom. The quantitative estimate of drug-likeness (QED) is 0.0367. The summed E-state index contributed by atoms with van der Waals surface area (Å²) in [5.74, 6) is -0.874. The van der Waals surface area contributed by atoms with Crippen LogP contribution in [0.4, 0.5) is 0 Å². The van der Waals surface area contributed by atoms with Crippen LogP contribution in [-0.4, -0.2) is 37.2 Å². The van der Waals surface area contributed by atoms with Crippen LogP contribution in [0.3, 0.4) is 0 Å². The zero-order valence-electron chi connectivity index (χ0n) is 32.3. The summed E-state index contributed by atoms with van der Waals surface area (Å²) < 4.78 is 16.5. The Kier molecular flexibility index (Phi) is 36.9. The average molecular weight is 681 g/mol. The SMILES string of the molecule is CCCCCCCCCCCCCCCCCCC(=O)OC[C@H](COC(=O)CCCCCCC)OC(=O)CCCCCCCCCCC. The summed E-state index contributed by atoms with van der Waals surface area (Å²) in [6.07, 6.45) is 36.9. The van der Waals surface area contributed by atoms with Crippen molar-refractivity contribution >= 4 is 17.9 Å². The molecule has 6 nitrogen and oxygen atoms in total. The first-order valence-corrected chi connectivity index (χ1v) is 21.0. The zero-order chi connectivity index (χ0) is 35.2. The lowest BCUT2D eigenvalue weighted by Gasteiger charge is -2.18. The van der Waals surface area contributed by atoms with Crippen molar-refractivity contribution in [2.75, 3.05) is 13.2 Å². The first-order chi connectivity index (χ1) is 23.5. The lowest BCUT2D eigenvalue weighted by molar-refractivity contribution is -0.167. The largest absolute Gasteiger partial charge is 0.462 e. The predicted molar refractivity (Wildman–Crippen MR) is 201 cm³/mol. The van der Waals surface area contributed by atoms with E-state index in [-0.39, 0.29) is 31.1 Å². The highest BCUT2D eigenvalue weighted by molar-refractivity contribution is 5.71. The molecule has 0 aliphatic heterocycles. The van der Waals surface area contributed by atoms with Gasteiger partial charge in [0.15, 0.2) is 6.10 Å². The van der Waals surface area contributed by atoms with Crippen molar-refractivity contribution in [3.8, 4) is 0 Å². The Hall–Kier alpha value is -1.59. The van der Waals surface area contributed by atoms with E-state index in [1.54, 1.807) is 0 Å². The van der Waals surface area contributed by atoms with E-state index in [1.807, 2.05) is 0 Å². The summed E-state index contributed by atoms with van der Waals surface area (Å²) in [7, 11) is 0. The zero-order valence-corrected chi connectivity index (χ0v) is 32.3. The maximum absolute atomic E-state index is 12.6. The maximum atomic E-state index is 12.6. The van der Waals surface area contributed by atoms with Crippen LogP contribution < -0.4 is 0 Å². The van der Waals surface area contributed by atoms with Crippen molar-refractivity contribution in [1.29, 1.82) is 0 Å². The van der Waals surface area contributed by atoms with E-state index in [0.29, 0.717) is 19.3 Å². The molecule has 0 aromatic heterocycles. The molecule has 0 saturated carbocycles. The maximum Gasteiger partial charge on any atom is 0.306 e. The number of rotatable bonds is 38. The van der Waals surface area contributed by atoms with E-state index in [2.05, 4.69) is 20.8 Å². The van der Waals surface area contributed by atoms with Crippen LogP contribution in [0.5, 0.6) is 0 Å². The summed E-state index contributed by atoms with van der Waals surface area (Å²) in [6, 6.07) is 0. The predicted octanol–water partition coefficient (Wildman–Crippen LogP) is 12.9. The van der Waals surface area contributed by atoms with Gasteiger partial charge in [-0.1, -0.05) is 194 Å². The third kappa shape index (κ3) is 35.7. The minimum atomic E-state index is -0.755. The standard InChI is InChI=1S/C42H80O6/c1-4-7-10-13-15-17-18-19-20-21-22-23-25-26-29-32-35-41(44)47-38-39(37-46-40(43)34-31-28-12-9-6-3)48-42(45)36-33-30-27-24-16-14-11-8-5-2/h39H,4-38H2,1-3H3/t39-/m0/s1. The van der Waals surface area contributed by atoms with Gasteiger partial charge < -0.3 is 14.2 Å². The van der Waals surface area contributed by atoms with Crippen LogP contribution in [0.15, 0.2) is 0 Å². The number of ether oxygens (including phenoxy) is 3. The van der Waals surface area contributed by atoms with Gasteiger partial charge in [0.1, 0.15) is 13.2 Å². The topological polar surface area (TPSA) is 78.9 Å². The summed E-state index contributed by atoms with van der Waals surface area (Å²) in [4.78, 5) is 37.3. The summed E-state index contributed by atoms with van der Waals surface area (Å²) in [5, 5.41) is 0. The van der Waals surface area contributed by atoms with Gasteiger partial charge in [0.25, 0.3) is 0 Å². The van der Waals surface area contributed by atoms with E-state index in [1.165, 1.54) is 128 Å². The Morgan fingerprint density at radius 2 is 0.562 bits per heavy atom. The van der Waals surface area contributed by atoms with Gasteiger partial charge in [-0.25, -0.2) is 0 Å². The van der Waals surface area contributed by atoms with Crippen molar-refractivity contribution in [3.63, 3.8) is 0 Å². The van der Waals surface area contributed by atoms with Crippen molar-refractivity contribution in [2.24, 2.45) is 0 Å². The molecule has 6 heteroatoms. The van der Waals surface area contributed by atoms with Crippen molar-refractivity contribution in [1.82, 2.24) is 0 Å². The summed E-state index contributed by atoms with van der Waals surface area (Å²) in [5.41, 5.74) is 0. The normalized spacial score (nSPS) is 11.8. The van der Waals surface area contributed by atoms with Gasteiger partial charge in [-0.05, 0) is 19.3 Å². The van der Waals surface area contributed by atoms with E-state index < -0.39 is 6.10 Å². The molecule has 0 radical (unpaired) electrons. The van der Waals surface area contributed by atoms with Gasteiger partial charge >= 0.3 is 17.9 Å². The molecule has 0 amide bonds. The van der Waals surface area contributed by atoms with E-state index in [9.17, 15) is 14.4 Å². The second-order valence-corrected chi connectivity index (χ2v) is 14.3. The van der Waals surface area contributed by atoms with Gasteiger partial charge in [-0.2, -0.15) is 0 Å². The molecule has 284 valence electrons. The molecule has 0 N–H and O–H groups in total. The molecule has 0 unspecified atom stereocenters. The Labute approximate surface area is 298 Å². The van der Waals surface area contributed by atoms with E-state index >= 15 is 0 Å². The lowest BCUT2D eigenvalue weighted by atomic mass is 10.0. The molecule has 0 fully saturated rings. The smallest absolute Gasteiger partial charge is 0.306 e. The fraction of sp³-hybridized carbons (Fsp3) is 0.929. The van der Waals surface area contributed by atoms with Crippen molar-refractivity contribution in [2.45, 2.75) is 239 Å². The molecule has 0 bridgehead atoms. The molecule has 0 rings (SSSR count). The van der Waals surface area contributed by atoms with E-state index in [0.717, 1.165) is 64.2 Å². The van der Waals surface area contributed by atoms with Crippen LogP contribution in [0.25, 0.3) is 0 Å². The van der Waals surface area contributed by atoms with Gasteiger partial charge in [-0.3, -0.25) is 14.4 Å². The highest BCUT2D eigenvalue weighted by Gasteiger charge is 2.19. The van der Waals surface area contributed by atoms with E-state index in [4.69, 9.17) is 14.2 Å². The van der Waals surface area contributed by atoms with Crippen LogP contribution in [-0.2, 0) is 28.6 Å². The average Bonchev–Trinajstić information content (AvgIpc) is 3.08. The van der Waals surface area contributed by atoms with Crippen LogP contribution in [0.1, 0.15) is 233 Å². The number of hydrogen-bond donors (Lipinski definition) is 0. The molecule has 0 spiro atoms. The fourth-order valence-corrected chi connectivity index (χ4v) is 6.15. The number of hydrogen-bond acceptors (Lipinski definition) is 6. The van der Waals surface area contributed by atoms with Gasteiger partial charge in [0.05, 0.1) is 0 Å². The summed E-state index contributed by atoms with van der Waals surface area (Å²) in [6.45, 7) is 6.54. The third-order valence-electron chi connectivity index (χ3n) is 9.36. The Bertz CT molecular complexity index is 708. The van der Waals surface area contributed by atoms with Gasteiger partial charge in [0.2, 0.25) is 0 Å². The molecule has 0 aliphatic rings. The number of carbonyl (C=O) groups is 3. The lowest BCUT2D eigenvalue weighted by Crippen LogP contribution is -2.30. The summed E-state index contributed by atoms with van der Waals surface area (Å²) >= 11 is 0.